The highest BCUT2D eigenvalue weighted by Crippen LogP contribution is 2.23. The lowest BCUT2D eigenvalue weighted by atomic mass is 9.88. The minimum atomic E-state index is -0.944. The molecular formula is C23H35N3O5. The van der Waals surface area contributed by atoms with Crippen molar-refractivity contribution in [3.63, 3.8) is 0 Å². The summed E-state index contributed by atoms with van der Waals surface area (Å²) in [6.07, 6.45) is 4.25. The molecule has 31 heavy (non-hydrogen) atoms. The highest BCUT2D eigenvalue weighted by atomic mass is 16.6. The Morgan fingerprint density at radius 3 is 2.26 bits per heavy atom. The third-order valence-electron chi connectivity index (χ3n) is 5.09. The predicted molar refractivity (Wildman–Crippen MR) is 118 cm³/mol. The fourth-order valence-electron chi connectivity index (χ4n) is 3.43. The van der Waals surface area contributed by atoms with E-state index in [1.54, 1.807) is 27.9 Å². The normalized spacial score (nSPS) is 15.5. The van der Waals surface area contributed by atoms with Crippen molar-refractivity contribution in [1.82, 2.24) is 16.0 Å². The molecule has 0 radical (unpaired) electrons. The van der Waals surface area contributed by atoms with Crippen LogP contribution in [0.25, 0.3) is 0 Å². The molecular weight excluding hydrogens is 398 g/mol. The lowest BCUT2D eigenvalue weighted by molar-refractivity contribution is -0.126. The summed E-state index contributed by atoms with van der Waals surface area (Å²) in [5, 5.41) is 8.21. The van der Waals surface area contributed by atoms with Crippen molar-refractivity contribution in [3.8, 4) is 5.75 Å². The number of hydrogen-bond acceptors (Lipinski definition) is 5. The van der Waals surface area contributed by atoms with Crippen molar-refractivity contribution in [1.29, 1.82) is 0 Å². The standard InChI is InChI=1S/C23H35N3O5/c1-23(2,3)31-22(29)26-19(15-25-20(27)17-8-6-5-7-9-17)21(28)24-14-16-10-12-18(30-4)13-11-16/h10-13,17,19H,5-9,14-15H2,1-4H3,(H,24,28)(H,25,27)(H,26,29)/t19-/m0/s1. The highest BCUT2D eigenvalue weighted by Gasteiger charge is 2.27. The quantitative estimate of drug-likeness (QED) is 0.585. The summed E-state index contributed by atoms with van der Waals surface area (Å²) in [7, 11) is 1.59. The van der Waals surface area contributed by atoms with Crippen molar-refractivity contribution < 1.29 is 23.9 Å². The Bertz CT molecular complexity index is 737. The van der Waals surface area contributed by atoms with Crippen LogP contribution in [0.15, 0.2) is 24.3 Å². The molecule has 0 saturated heterocycles. The largest absolute Gasteiger partial charge is 0.497 e. The van der Waals surface area contributed by atoms with Gasteiger partial charge >= 0.3 is 6.09 Å². The fraction of sp³-hybridized carbons (Fsp3) is 0.609. The van der Waals surface area contributed by atoms with Gasteiger partial charge in [-0.3, -0.25) is 9.59 Å². The third kappa shape index (κ3) is 8.86. The van der Waals surface area contributed by atoms with Crippen LogP contribution in [0.4, 0.5) is 4.79 Å². The summed E-state index contributed by atoms with van der Waals surface area (Å²) in [5.74, 6) is 0.229. The molecule has 8 nitrogen and oxygen atoms in total. The summed E-state index contributed by atoms with van der Waals surface area (Å²) in [5.41, 5.74) is 0.191. The van der Waals surface area contributed by atoms with Crippen LogP contribution >= 0.6 is 0 Å². The van der Waals surface area contributed by atoms with Crippen LogP contribution in [0.3, 0.4) is 0 Å². The van der Waals surface area contributed by atoms with Crippen molar-refractivity contribution >= 4 is 17.9 Å². The second-order valence-corrected chi connectivity index (χ2v) is 8.84. The Balaban J connectivity index is 1.96. The molecule has 0 heterocycles. The van der Waals surface area contributed by atoms with Gasteiger partial charge in [-0.1, -0.05) is 31.4 Å². The van der Waals surface area contributed by atoms with E-state index in [1.165, 1.54) is 0 Å². The number of nitrogens with one attached hydrogen (secondary N) is 3. The number of benzene rings is 1. The Morgan fingerprint density at radius 2 is 1.68 bits per heavy atom. The Hall–Kier alpha value is -2.77. The Labute approximate surface area is 184 Å². The maximum absolute atomic E-state index is 12.8. The number of carbonyl (C=O) groups excluding carboxylic acids is 3. The Morgan fingerprint density at radius 1 is 1.03 bits per heavy atom. The topological polar surface area (TPSA) is 106 Å². The van der Waals surface area contributed by atoms with Crippen LogP contribution in [-0.2, 0) is 20.9 Å². The number of alkyl carbamates (subject to hydrolysis) is 1. The van der Waals surface area contributed by atoms with Gasteiger partial charge in [-0.15, -0.1) is 0 Å². The molecule has 0 bridgehead atoms. The zero-order chi connectivity index (χ0) is 22.9. The molecule has 0 spiro atoms. The first-order valence-corrected chi connectivity index (χ1v) is 10.9. The van der Waals surface area contributed by atoms with Crippen LogP contribution in [0.5, 0.6) is 5.75 Å². The first-order chi connectivity index (χ1) is 14.7. The van der Waals surface area contributed by atoms with E-state index in [2.05, 4.69) is 16.0 Å². The number of methoxy groups -OCH3 is 1. The molecule has 0 unspecified atom stereocenters. The van der Waals surface area contributed by atoms with Crippen LogP contribution in [0.1, 0.15) is 58.4 Å². The maximum Gasteiger partial charge on any atom is 0.408 e. The van der Waals surface area contributed by atoms with Crippen molar-refractivity contribution in [2.24, 2.45) is 5.92 Å². The van der Waals surface area contributed by atoms with E-state index in [0.29, 0.717) is 0 Å². The van der Waals surface area contributed by atoms with Crippen molar-refractivity contribution in [3.05, 3.63) is 29.8 Å². The average Bonchev–Trinajstić information content (AvgIpc) is 2.74. The lowest BCUT2D eigenvalue weighted by Gasteiger charge is -2.25. The van der Waals surface area contributed by atoms with E-state index >= 15 is 0 Å². The van der Waals surface area contributed by atoms with E-state index in [-0.39, 0.29) is 24.9 Å². The number of rotatable bonds is 8. The summed E-state index contributed by atoms with van der Waals surface area (Å²) >= 11 is 0. The number of hydrogen-bond donors (Lipinski definition) is 3. The molecule has 1 saturated carbocycles. The van der Waals surface area contributed by atoms with Gasteiger partial charge < -0.3 is 25.4 Å². The molecule has 1 aliphatic carbocycles. The van der Waals surface area contributed by atoms with Gasteiger partial charge in [-0.05, 0) is 51.3 Å². The van der Waals surface area contributed by atoms with Gasteiger partial charge in [-0.2, -0.15) is 0 Å². The van der Waals surface area contributed by atoms with E-state index in [1.807, 2.05) is 24.3 Å². The zero-order valence-electron chi connectivity index (χ0n) is 19.0. The molecule has 1 aliphatic rings. The van der Waals surface area contributed by atoms with Gasteiger partial charge in [0.05, 0.1) is 7.11 Å². The molecule has 1 fully saturated rings. The second kappa shape index (κ2) is 11.6. The smallest absolute Gasteiger partial charge is 0.408 e. The molecule has 8 heteroatoms. The zero-order valence-corrected chi connectivity index (χ0v) is 19.0. The van der Waals surface area contributed by atoms with E-state index in [0.717, 1.165) is 43.4 Å². The van der Waals surface area contributed by atoms with Crippen LogP contribution < -0.4 is 20.7 Å². The summed E-state index contributed by atoms with van der Waals surface area (Å²) in [6.45, 7) is 5.53. The maximum atomic E-state index is 12.8. The molecule has 1 aromatic carbocycles. The first-order valence-electron chi connectivity index (χ1n) is 10.9. The van der Waals surface area contributed by atoms with E-state index in [9.17, 15) is 14.4 Å². The number of amides is 3. The Kier molecular flexibility index (Phi) is 9.15. The third-order valence-corrected chi connectivity index (χ3v) is 5.09. The monoisotopic (exact) mass is 433 g/mol. The van der Waals surface area contributed by atoms with Gasteiger partial charge in [0.15, 0.2) is 0 Å². The van der Waals surface area contributed by atoms with Gasteiger partial charge in [0.1, 0.15) is 17.4 Å². The minimum Gasteiger partial charge on any atom is -0.497 e. The van der Waals surface area contributed by atoms with Gasteiger partial charge in [0.25, 0.3) is 0 Å². The molecule has 3 amide bonds. The molecule has 0 aliphatic heterocycles. The van der Waals surface area contributed by atoms with Gasteiger partial charge in [-0.25, -0.2) is 4.79 Å². The molecule has 1 atom stereocenters. The van der Waals surface area contributed by atoms with Crippen molar-refractivity contribution in [2.45, 2.75) is 71.1 Å². The summed E-state index contributed by atoms with van der Waals surface area (Å²) in [4.78, 5) is 37.5. The molecule has 172 valence electrons. The fourth-order valence-corrected chi connectivity index (χ4v) is 3.43. The van der Waals surface area contributed by atoms with Crippen LogP contribution in [-0.4, -0.2) is 43.2 Å². The first kappa shape index (κ1) is 24.5. The second-order valence-electron chi connectivity index (χ2n) is 8.84. The average molecular weight is 434 g/mol. The summed E-state index contributed by atoms with van der Waals surface area (Å²) < 4.78 is 10.4. The SMILES string of the molecule is COc1ccc(CNC(=O)[C@H](CNC(=O)C2CCCCC2)NC(=O)OC(C)(C)C)cc1. The van der Waals surface area contributed by atoms with Gasteiger partial charge in [0, 0.05) is 19.0 Å². The number of ether oxygens (including phenoxy) is 2. The van der Waals surface area contributed by atoms with Crippen LogP contribution in [0, 0.1) is 5.92 Å². The predicted octanol–water partition coefficient (Wildman–Crippen LogP) is 2.90. The van der Waals surface area contributed by atoms with E-state index < -0.39 is 23.6 Å². The summed E-state index contributed by atoms with van der Waals surface area (Å²) in [6, 6.07) is 6.37. The molecule has 2 rings (SSSR count). The number of carbonyl (C=O) groups is 3. The highest BCUT2D eigenvalue weighted by molar-refractivity contribution is 5.87. The molecule has 3 N–H and O–H groups in total. The van der Waals surface area contributed by atoms with Crippen molar-refractivity contribution in [2.75, 3.05) is 13.7 Å². The minimum absolute atomic E-state index is 0.00300. The molecule has 1 aromatic rings. The molecule has 0 aromatic heterocycles. The van der Waals surface area contributed by atoms with E-state index in [4.69, 9.17) is 9.47 Å². The lowest BCUT2D eigenvalue weighted by Crippen LogP contribution is -2.54. The van der Waals surface area contributed by atoms with Gasteiger partial charge in [0.2, 0.25) is 11.8 Å². The van der Waals surface area contributed by atoms with Crippen LogP contribution in [0.2, 0.25) is 0 Å².